The third-order valence-electron chi connectivity index (χ3n) is 3.80. The Morgan fingerprint density at radius 1 is 1.43 bits per heavy atom. The van der Waals surface area contributed by atoms with Crippen molar-refractivity contribution in [2.45, 2.75) is 45.3 Å². The summed E-state index contributed by atoms with van der Waals surface area (Å²) in [5.74, 6) is 0.387. The zero-order valence-electron chi connectivity index (χ0n) is 9.38. The summed E-state index contributed by atoms with van der Waals surface area (Å²) in [4.78, 5) is 0. The number of rotatable bonds is 1. The fourth-order valence-electron chi connectivity index (χ4n) is 3.25. The van der Waals surface area contributed by atoms with Crippen LogP contribution in [0.25, 0.3) is 0 Å². The first-order valence-corrected chi connectivity index (χ1v) is 5.56. The van der Waals surface area contributed by atoms with Crippen molar-refractivity contribution < 1.29 is 5.11 Å². The highest BCUT2D eigenvalue weighted by Crippen LogP contribution is 2.49. The first-order valence-electron chi connectivity index (χ1n) is 5.56. The van der Waals surface area contributed by atoms with Gasteiger partial charge in [0.15, 0.2) is 0 Å². The van der Waals surface area contributed by atoms with E-state index in [1.54, 1.807) is 0 Å². The predicted octanol–water partition coefficient (Wildman–Crippen LogP) is 1.70. The molecule has 0 saturated heterocycles. The summed E-state index contributed by atoms with van der Waals surface area (Å²) >= 11 is 0. The lowest BCUT2D eigenvalue weighted by Gasteiger charge is -2.34. The third-order valence-corrected chi connectivity index (χ3v) is 3.80. The monoisotopic (exact) mass is 195 g/mol. The molecule has 1 aliphatic carbocycles. The van der Waals surface area contributed by atoms with Gasteiger partial charge in [-0.3, -0.25) is 0 Å². The van der Waals surface area contributed by atoms with Crippen molar-refractivity contribution in [3.63, 3.8) is 0 Å². The van der Waals surface area contributed by atoms with Gasteiger partial charge in [-0.15, -0.1) is 0 Å². The van der Waals surface area contributed by atoms with Gasteiger partial charge in [0.25, 0.3) is 0 Å². The van der Waals surface area contributed by atoms with Crippen molar-refractivity contribution in [2.24, 2.45) is 11.3 Å². The zero-order valence-corrected chi connectivity index (χ0v) is 9.38. The lowest BCUT2D eigenvalue weighted by molar-refractivity contribution is -0.0145. The van der Waals surface area contributed by atoms with E-state index < -0.39 is 5.60 Å². The van der Waals surface area contributed by atoms with E-state index in [1.807, 2.05) is 0 Å². The zero-order chi connectivity index (χ0) is 10.4. The molecule has 0 radical (unpaired) electrons. The highest BCUT2D eigenvalue weighted by molar-refractivity contribution is 5.16. The summed E-state index contributed by atoms with van der Waals surface area (Å²) in [6, 6.07) is 0.166. The Labute approximate surface area is 86.4 Å². The molecule has 80 valence electrons. The van der Waals surface area contributed by atoms with Crippen LogP contribution in [0.5, 0.6) is 0 Å². The number of hydrogen-bond acceptors (Lipinski definition) is 2. The van der Waals surface area contributed by atoms with Gasteiger partial charge in [-0.05, 0) is 24.2 Å². The van der Waals surface area contributed by atoms with E-state index in [0.29, 0.717) is 5.92 Å². The van der Waals surface area contributed by atoms with Gasteiger partial charge in [-0.2, -0.15) is 0 Å². The second-order valence-electron chi connectivity index (χ2n) is 5.75. The Morgan fingerprint density at radius 3 is 2.57 bits per heavy atom. The molecule has 2 rings (SSSR count). The number of nitrogens with one attached hydrogen (secondary N) is 1. The lowest BCUT2D eigenvalue weighted by Crippen LogP contribution is -2.49. The molecule has 3 unspecified atom stereocenters. The largest absolute Gasteiger partial charge is 0.388 e. The molecule has 2 heteroatoms. The Bertz CT molecular complexity index is 259. The molecular weight excluding hydrogens is 174 g/mol. The molecule has 1 aliphatic heterocycles. The van der Waals surface area contributed by atoms with Crippen LogP contribution in [0.15, 0.2) is 12.2 Å². The quantitative estimate of drug-likeness (QED) is 0.624. The Kier molecular flexibility index (Phi) is 2.24. The van der Waals surface area contributed by atoms with Gasteiger partial charge in [0.2, 0.25) is 0 Å². The molecule has 2 aliphatic rings. The smallest absolute Gasteiger partial charge is 0.0866 e. The molecule has 1 saturated carbocycles. The first kappa shape index (κ1) is 10.2. The van der Waals surface area contributed by atoms with Gasteiger partial charge < -0.3 is 10.4 Å². The summed E-state index contributed by atoms with van der Waals surface area (Å²) in [5.41, 5.74) is -0.247. The average molecular weight is 195 g/mol. The van der Waals surface area contributed by atoms with Crippen molar-refractivity contribution in [2.75, 3.05) is 6.54 Å². The lowest BCUT2D eigenvalue weighted by atomic mass is 9.84. The van der Waals surface area contributed by atoms with Gasteiger partial charge in [-0.1, -0.05) is 32.9 Å². The van der Waals surface area contributed by atoms with E-state index in [2.05, 4.69) is 38.2 Å². The maximum atomic E-state index is 10.7. The summed E-state index contributed by atoms with van der Waals surface area (Å²) < 4.78 is 0. The minimum absolute atomic E-state index is 0.166. The van der Waals surface area contributed by atoms with Gasteiger partial charge in [0, 0.05) is 6.54 Å². The average Bonchev–Trinajstić information content (AvgIpc) is 2.58. The van der Waals surface area contributed by atoms with E-state index in [4.69, 9.17) is 0 Å². The topological polar surface area (TPSA) is 32.3 Å². The van der Waals surface area contributed by atoms with Crippen LogP contribution in [-0.2, 0) is 0 Å². The van der Waals surface area contributed by atoms with Crippen molar-refractivity contribution in [3.05, 3.63) is 12.2 Å². The standard InChI is InChI=1S/C12H21NO/c1-9-7-11(2,3)8-12(9,14)10-5-4-6-13-10/h4-5,9-10,13-14H,6-8H2,1-3H3. The highest BCUT2D eigenvalue weighted by atomic mass is 16.3. The Balaban J connectivity index is 2.19. The third kappa shape index (κ3) is 1.51. The molecule has 0 bridgehead atoms. The van der Waals surface area contributed by atoms with Crippen LogP contribution in [0.2, 0.25) is 0 Å². The van der Waals surface area contributed by atoms with E-state index in [1.165, 1.54) is 0 Å². The summed E-state index contributed by atoms with van der Waals surface area (Å²) in [6.07, 6.45) is 6.26. The maximum absolute atomic E-state index is 10.7. The highest BCUT2D eigenvalue weighted by Gasteiger charge is 2.51. The molecular formula is C12H21NO. The van der Waals surface area contributed by atoms with Crippen molar-refractivity contribution in [1.82, 2.24) is 5.32 Å². The molecule has 0 aromatic carbocycles. The van der Waals surface area contributed by atoms with Crippen LogP contribution in [0, 0.1) is 11.3 Å². The van der Waals surface area contributed by atoms with Crippen molar-refractivity contribution in [3.8, 4) is 0 Å². The van der Waals surface area contributed by atoms with Gasteiger partial charge in [0.05, 0.1) is 11.6 Å². The molecule has 1 fully saturated rings. The SMILES string of the molecule is CC1CC(C)(C)CC1(O)C1C=CCN1. The molecule has 1 heterocycles. The van der Waals surface area contributed by atoms with Gasteiger partial charge >= 0.3 is 0 Å². The molecule has 3 atom stereocenters. The normalized spacial score (nSPS) is 46.0. The van der Waals surface area contributed by atoms with Crippen LogP contribution in [0.3, 0.4) is 0 Å². The van der Waals surface area contributed by atoms with E-state index >= 15 is 0 Å². The second kappa shape index (κ2) is 3.07. The van der Waals surface area contributed by atoms with E-state index in [0.717, 1.165) is 19.4 Å². The van der Waals surface area contributed by atoms with Gasteiger partial charge in [-0.25, -0.2) is 0 Å². The minimum Gasteiger partial charge on any atom is -0.388 e. The molecule has 14 heavy (non-hydrogen) atoms. The van der Waals surface area contributed by atoms with E-state index in [-0.39, 0.29) is 11.5 Å². The molecule has 0 aromatic heterocycles. The van der Waals surface area contributed by atoms with Crippen LogP contribution in [0.4, 0.5) is 0 Å². The van der Waals surface area contributed by atoms with Crippen molar-refractivity contribution in [1.29, 1.82) is 0 Å². The molecule has 0 amide bonds. The van der Waals surface area contributed by atoms with Crippen LogP contribution >= 0.6 is 0 Å². The van der Waals surface area contributed by atoms with Crippen LogP contribution in [-0.4, -0.2) is 23.3 Å². The Hall–Kier alpha value is -0.340. The minimum atomic E-state index is -0.531. The maximum Gasteiger partial charge on any atom is 0.0866 e. The predicted molar refractivity (Wildman–Crippen MR) is 58.1 cm³/mol. The Morgan fingerprint density at radius 2 is 2.14 bits per heavy atom. The summed E-state index contributed by atoms with van der Waals surface area (Å²) in [5, 5.41) is 14.0. The van der Waals surface area contributed by atoms with Crippen LogP contribution < -0.4 is 5.32 Å². The fourth-order valence-corrected chi connectivity index (χ4v) is 3.25. The fraction of sp³-hybridized carbons (Fsp3) is 0.833. The molecule has 2 N–H and O–H groups in total. The second-order valence-corrected chi connectivity index (χ2v) is 5.75. The molecule has 0 spiro atoms. The van der Waals surface area contributed by atoms with Gasteiger partial charge in [0.1, 0.15) is 0 Å². The number of hydrogen-bond donors (Lipinski definition) is 2. The molecule has 0 aromatic rings. The molecule has 2 nitrogen and oxygen atoms in total. The van der Waals surface area contributed by atoms with Crippen LogP contribution in [0.1, 0.15) is 33.6 Å². The first-order chi connectivity index (χ1) is 6.44. The van der Waals surface area contributed by atoms with Crippen molar-refractivity contribution >= 4 is 0 Å². The summed E-state index contributed by atoms with van der Waals surface area (Å²) in [6.45, 7) is 7.57. The number of aliphatic hydroxyl groups is 1. The van der Waals surface area contributed by atoms with E-state index in [9.17, 15) is 5.11 Å². The summed E-state index contributed by atoms with van der Waals surface area (Å²) in [7, 11) is 0.